The second-order valence-corrected chi connectivity index (χ2v) is 8.19. The maximum Gasteiger partial charge on any atom is 0.416 e. The molecule has 0 amide bonds. The van der Waals surface area contributed by atoms with Gasteiger partial charge in [0.15, 0.2) is 0 Å². The summed E-state index contributed by atoms with van der Waals surface area (Å²) in [5.74, 6) is -2.42. The van der Waals surface area contributed by atoms with E-state index in [1.807, 2.05) is 43.3 Å². The molecule has 1 heterocycles. The molecule has 32 heavy (non-hydrogen) atoms. The number of nitriles is 1. The summed E-state index contributed by atoms with van der Waals surface area (Å²) in [5.41, 5.74) is -0.503. The van der Waals surface area contributed by atoms with E-state index in [2.05, 4.69) is 0 Å². The van der Waals surface area contributed by atoms with Gasteiger partial charge in [0, 0.05) is 28.6 Å². The first-order valence-corrected chi connectivity index (χ1v) is 10.9. The summed E-state index contributed by atoms with van der Waals surface area (Å²) < 4.78 is 41.4. The molecule has 0 bridgehead atoms. The third kappa shape index (κ3) is 4.53. The molecule has 0 fully saturated rings. The fourth-order valence-corrected chi connectivity index (χ4v) is 4.94. The lowest BCUT2D eigenvalue weighted by Gasteiger charge is -2.37. The number of alkyl halides is 3. The van der Waals surface area contributed by atoms with Crippen molar-refractivity contribution in [2.45, 2.75) is 30.8 Å². The second-order valence-electron chi connectivity index (χ2n) is 7.14. The third-order valence-electron chi connectivity index (χ3n) is 5.37. The standard InChI is InChI=1S/C24H21F3N2O2S/c1-3-29-15(2)18(13-28)21(17-11-7-8-12-19(17)24(25,26)27)22(23(30)31)20(29)14-32-16-9-5-4-6-10-16/h4-12,21H,3,14H2,1-2H3,(H,30,31). The number of carbonyl (C=O) groups is 1. The fraction of sp³-hybridized carbons (Fsp3) is 0.250. The molecule has 1 N–H and O–H groups in total. The van der Waals surface area contributed by atoms with Gasteiger partial charge in [-0.15, -0.1) is 11.8 Å². The van der Waals surface area contributed by atoms with Gasteiger partial charge in [0.2, 0.25) is 0 Å². The minimum absolute atomic E-state index is 0.00871. The molecule has 8 heteroatoms. The van der Waals surface area contributed by atoms with Crippen molar-refractivity contribution in [3.05, 3.63) is 88.3 Å². The first kappa shape index (κ1) is 23.5. The Bertz CT molecular complexity index is 1120. The summed E-state index contributed by atoms with van der Waals surface area (Å²) >= 11 is 1.39. The highest BCUT2D eigenvalue weighted by molar-refractivity contribution is 7.99. The Morgan fingerprint density at radius 1 is 1.16 bits per heavy atom. The van der Waals surface area contributed by atoms with Gasteiger partial charge in [-0.1, -0.05) is 36.4 Å². The number of aliphatic carboxylic acids is 1. The van der Waals surface area contributed by atoms with Crippen LogP contribution in [-0.2, 0) is 11.0 Å². The van der Waals surface area contributed by atoms with E-state index in [-0.39, 0.29) is 22.5 Å². The van der Waals surface area contributed by atoms with E-state index >= 15 is 0 Å². The van der Waals surface area contributed by atoms with Crippen LogP contribution in [0.5, 0.6) is 0 Å². The molecule has 0 radical (unpaired) electrons. The molecule has 0 spiro atoms. The lowest BCUT2D eigenvalue weighted by atomic mass is 9.78. The minimum atomic E-state index is -4.69. The fourth-order valence-electron chi connectivity index (χ4n) is 3.98. The Balaban J connectivity index is 2.24. The number of carboxylic acid groups (broad SMARTS) is 1. The Hall–Kier alpha value is -3.18. The summed E-state index contributed by atoms with van der Waals surface area (Å²) in [4.78, 5) is 15.1. The molecule has 0 saturated heterocycles. The van der Waals surface area contributed by atoms with Gasteiger partial charge in [0.05, 0.1) is 28.7 Å². The SMILES string of the molecule is CCN1C(C)=C(C#N)C(c2ccccc2C(F)(F)F)C(C(=O)O)=C1CSc1ccccc1. The van der Waals surface area contributed by atoms with Crippen LogP contribution in [0.1, 0.15) is 30.9 Å². The topological polar surface area (TPSA) is 64.3 Å². The molecule has 1 unspecified atom stereocenters. The number of nitrogens with zero attached hydrogens (tertiary/aromatic N) is 2. The molecule has 0 aliphatic carbocycles. The molecule has 2 aromatic carbocycles. The average Bonchev–Trinajstić information content (AvgIpc) is 2.77. The molecule has 0 saturated carbocycles. The van der Waals surface area contributed by atoms with Crippen molar-refractivity contribution < 1.29 is 23.1 Å². The normalized spacial score (nSPS) is 16.9. The van der Waals surface area contributed by atoms with Crippen LogP contribution in [0.3, 0.4) is 0 Å². The molecule has 0 aromatic heterocycles. The molecular weight excluding hydrogens is 437 g/mol. The maximum atomic E-state index is 13.8. The number of hydrogen-bond acceptors (Lipinski definition) is 4. The minimum Gasteiger partial charge on any atom is -0.478 e. The molecule has 1 atom stereocenters. The van der Waals surface area contributed by atoms with Crippen LogP contribution in [0.15, 0.2) is 82.0 Å². The maximum absolute atomic E-state index is 13.8. The summed E-state index contributed by atoms with van der Waals surface area (Å²) in [6.07, 6.45) is -4.69. The Morgan fingerprint density at radius 2 is 1.78 bits per heavy atom. The summed E-state index contributed by atoms with van der Waals surface area (Å²) in [6.45, 7) is 3.85. The number of allylic oxidation sites excluding steroid dienone is 2. The van der Waals surface area contributed by atoms with E-state index in [4.69, 9.17) is 0 Å². The molecule has 166 valence electrons. The van der Waals surface area contributed by atoms with E-state index in [1.54, 1.807) is 11.8 Å². The molecular formula is C24H21F3N2O2S. The summed E-state index contributed by atoms with van der Waals surface area (Å²) in [5, 5.41) is 20.0. The van der Waals surface area contributed by atoms with Crippen LogP contribution in [0, 0.1) is 11.3 Å². The van der Waals surface area contributed by atoms with Crippen molar-refractivity contribution in [1.29, 1.82) is 5.26 Å². The Morgan fingerprint density at radius 3 is 2.34 bits per heavy atom. The quantitative estimate of drug-likeness (QED) is 0.534. The largest absolute Gasteiger partial charge is 0.478 e. The number of thioether (sulfide) groups is 1. The predicted molar refractivity (Wildman–Crippen MR) is 117 cm³/mol. The summed E-state index contributed by atoms with van der Waals surface area (Å²) in [6, 6.07) is 16.2. The second kappa shape index (κ2) is 9.53. The van der Waals surface area contributed by atoms with E-state index in [0.29, 0.717) is 17.9 Å². The highest BCUT2D eigenvalue weighted by Crippen LogP contribution is 2.46. The molecule has 2 aromatic rings. The highest BCUT2D eigenvalue weighted by Gasteiger charge is 2.42. The van der Waals surface area contributed by atoms with E-state index in [9.17, 15) is 28.3 Å². The number of halogens is 3. The lowest BCUT2D eigenvalue weighted by Crippen LogP contribution is -2.34. The van der Waals surface area contributed by atoms with Crippen LogP contribution >= 0.6 is 11.8 Å². The van der Waals surface area contributed by atoms with Gasteiger partial charge < -0.3 is 10.0 Å². The summed E-state index contributed by atoms with van der Waals surface area (Å²) in [7, 11) is 0. The number of rotatable bonds is 6. The highest BCUT2D eigenvalue weighted by atomic mass is 32.2. The molecule has 3 rings (SSSR count). The van der Waals surface area contributed by atoms with Crippen molar-refractivity contribution >= 4 is 17.7 Å². The first-order chi connectivity index (χ1) is 15.2. The molecule has 1 aliphatic rings. The molecule has 1 aliphatic heterocycles. The van der Waals surface area contributed by atoms with Crippen LogP contribution < -0.4 is 0 Å². The van der Waals surface area contributed by atoms with E-state index in [1.165, 1.54) is 30.0 Å². The first-order valence-electron chi connectivity index (χ1n) is 9.89. The van der Waals surface area contributed by atoms with Crippen LogP contribution in [0.25, 0.3) is 0 Å². The molecule has 4 nitrogen and oxygen atoms in total. The van der Waals surface area contributed by atoms with Gasteiger partial charge in [-0.2, -0.15) is 18.4 Å². The zero-order valence-electron chi connectivity index (χ0n) is 17.5. The van der Waals surface area contributed by atoms with E-state index in [0.717, 1.165) is 11.0 Å². The van der Waals surface area contributed by atoms with E-state index < -0.39 is 23.6 Å². The van der Waals surface area contributed by atoms with Crippen molar-refractivity contribution in [2.24, 2.45) is 0 Å². The van der Waals surface area contributed by atoms with Gasteiger partial charge in [-0.05, 0) is 37.6 Å². The van der Waals surface area contributed by atoms with Gasteiger partial charge in [0.25, 0.3) is 0 Å². The van der Waals surface area contributed by atoms with Crippen LogP contribution in [-0.4, -0.2) is 28.3 Å². The lowest BCUT2D eigenvalue weighted by molar-refractivity contribution is -0.139. The smallest absolute Gasteiger partial charge is 0.416 e. The monoisotopic (exact) mass is 458 g/mol. The third-order valence-corrected chi connectivity index (χ3v) is 6.40. The zero-order valence-corrected chi connectivity index (χ0v) is 18.3. The Labute approximate surface area is 188 Å². The van der Waals surface area contributed by atoms with Crippen molar-refractivity contribution in [3.63, 3.8) is 0 Å². The van der Waals surface area contributed by atoms with Gasteiger partial charge >= 0.3 is 12.1 Å². The van der Waals surface area contributed by atoms with Gasteiger partial charge in [-0.25, -0.2) is 4.79 Å². The predicted octanol–water partition coefficient (Wildman–Crippen LogP) is 6.05. The average molecular weight is 459 g/mol. The number of hydrogen-bond donors (Lipinski definition) is 1. The van der Waals surface area contributed by atoms with Crippen LogP contribution in [0.4, 0.5) is 13.2 Å². The zero-order chi connectivity index (χ0) is 23.5. The van der Waals surface area contributed by atoms with Gasteiger partial charge in [0.1, 0.15) is 0 Å². The van der Waals surface area contributed by atoms with Crippen LogP contribution in [0.2, 0.25) is 0 Å². The van der Waals surface area contributed by atoms with Crippen molar-refractivity contribution in [3.8, 4) is 6.07 Å². The van der Waals surface area contributed by atoms with Crippen molar-refractivity contribution in [2.75, 3.05) is 12.3 Å². The van der Waals surface area contributed by atoms with Gasteiger partial charge in [-0.3, -0.25) is 0 Å². The Kier molecular flexibility index (Phi) is 6.99. The van der Waals surface area contributed by atoms with Crippen molar-refractivity contribution in [1.82, 2.24) is 4.90 Å². The number of carboxylic acids is 1. The number of benzene rings is 2.